The SMILES string of the molecule is O=C(NC(c1ccc2c(c1)OCCO2)C1CC1)N1CCN(Cc2ccc(Br)s2)CC1. The zero-order valence-electron chi connectivity index (χ0n) is 16.8. The molecule has 1 saturated heterocycles. The molecule has 2 fully saturated rings. The fraction of sp³-hybridized carbons (Fsp3) is 0.500. The number of urea groups is 1. The smallest absolute Gasteiger partial charge is 0.317 e. The van der Waals surface area contributed by atoms with Crippen molar-refractivity contribution in [2.75, 3.05) is 39.4 Å². The first-order chi connectivity index (χ1) is 14.7. The van der Waals surface area contributed by atoms with E-state index in [-0.39, 0.29) is 12.1 Å². The van der Waals surface area contributed by atoms with Crippen LogP contribution in [0, 0.1) is 5.92 Å². The summed E-state index contributed by atoms with van der Waals surface area (Å²) >= 11 is 5.31. The Hall–Kier alpha value is -1.77. The number of rotatable bonds is 5. The van der Waals surface area contributed by atoms with Gasteiger partial charge in [-0.1, -0.05) is 6.07 Å². The van der Waals surface area contributed by atoms with Gasteiger partial charge in [0.05, 0.1) is 9.83 Å². The van der Waals surface area contributed by atoms with Crippen molar-refractivity contribution in [1.29, 1.82) is 0 Å². The third kappa shape index (κ3) is 4.60. The number of hydrogen-bond acceptors (Lipinski definition) is 5. The highest BCUT2D eigenvalue weighted by Gasteiger charge is 2.35. The predicted molar refractivity (Wildman–Crippen MR) is 120 cm³/mol. The first kappa shape index (κ1) is 20.2. The molecule has 2 amide bonds. The molecule has 0 bridgehead atoms. The topological polar surface area (TPSA) is 54.0 Å². The number of carbonyl (C=O) groups is 1. The second-order valence-corrected chi connectivity index (χ2v) is 10.7. The van der Waals surface area contributed by atoms with Gasteiger partial charge < -0.3 is 19.7 Å². The number of halogens is 1. The summed E-state index contributed by atoms with van der Waals surface area (Å²) in [5.74, 6) is 2.09. The standard InChI is InChI=1S/C22H26BrN3O3S/c23-20-6-4-17(30-20)14-25-7-9-26(10-8-25)22(27)24-21(15-1-2-15)16-3-5-18-19(13-16)29-12-11-28-18/h3-6,13,15,21H,1-2,7-12,14H2,(H,24,27). The molecule has 1 aliphatic carbocycles. The molecule has 1 saturated carbocycles. The molecule has 5 rings (SSSR count). The zero-order chi connectivity index (χ0) is 20.5. The van der Waals surface area contributed by atoms with Crippen molar-refractivity contribution in [2.45, 2.75) is 25.4 Å². The molecule has 30 heavy (non-hydrogen) atoms. The molecule has 2 aliphatic heterocycles. The third-order valence-electron chi connectivity index (χ3n) is 5.97. The van der Waals surface area contributed by atoms with Crippen LogP contribution in [0.5, 0.6) is 11.5 Å². The number of benzene rings is 1. The van der Waals surface area contributed by atoms with Gasteiger partial charge in [0.25, 0.3) is 0 Å². The summed E-state index contributed by atoms with van der Waals surface area (Å²) in [7, 11) is 0. The number of piperazine rings is 1. The van der Waals surface area contributed by atoms with Gasteiger partial charge in [0.1, 0.15) is 13.2 Å². The van der Waals surface area contributed by atoms with E-state index < -0.39 is 0 Å². The summed E-state index contributed by atoms with van der Waals surface area (Å²) in [4.78, 5) is 18.7. The lowest BCUT2D eigenvalue weighted by Gasteiger charge is -2.35. The van der Waals surface area contributed by atoms with Crippen LogP contribution in [0.1, 0.15) is 29.3 Å². The molecule has 6 nitrogen and oxygen atoms in total. The van der Waals surface area contributed by atoms with E-state index in [1.54, 1.807) is 11.3 Å². The zero-order valence-corrected chi connectivity index (χ0v) is 19.2. The van der Waals surface area contributed by atoms with Crippen LogP contribution in [0.25, 0.3) is 0 Å². The molecule has 0 spiro atoms. The molecule has 3 heterocycles. The highest BCUT2D eigenvalue weighted by molar-refractivity contribution is 9.11. The van der Waals surface area contributed by atoms with Gasteiger partial charge in [-0.2, -0.15) is 0 Å². The van der Waals surface area contributed by atoms with E-state index in [1.165, 1.54) is 8.66 Å². The third-order valence-corrected chi connectivity index (χ3v) is 7.57. The molecule has 2 aromatic rings. The van der Waals surface area contributed by atoms with E-state index in [4.69, 9.17) is 9.47 Å². The van der Waals surface area contributed by atoms with E-state index >= 15 is 0 Å². The Balaban J connectivity index is 1.19. The van der Waals surface area contributed by atoms with Crippen molar-refractivity contribution < 1.29 is 14.3 Å². The molecule has 8 heteroatoms. The maximum Gasteiger partial charge on any atom is 0.317 e. The van der Waals surface area contributed by atoms with Gasteiger partial charge in [-0.3, -0.25) is 4.90 Å². The van der Waals surface area contributed by atoms with Crippen LogP contribution in [-0.2, 0) is 6.54 Å². The van der Waals surface area contributed by atoms with Crippen LogP contribution in [0.15, 0.2) is 34.1 Å². The molecular weight excluding hydrogens is 466 g/mol. The van der Waals surface area contributed by atoms with Crippen LogP contribution >= 0.6 is 27.3 Å². The van der Waals surface area contributed by atoms with Crippen LogP contribution in [-0.4, -0.2) is 55.2 Å². The van der Waals surface area contributed by atoms with E-state index in [0.717, 1.165) is 62.6 Å². The minimum Gasteiger partial charge on any atom is -0.486 e. The second kappa shape index (κ2) is 8.77. The van der Waals surface area contributed by atoms with Crippen molar-refractivity contribution in [3.05, 3.63) is 44.6 Å². The van der Waals surface area contributed by atoms with Gasteiger partial charge in [0.2, 0.25) is 0 Å². The van der Waals surface area contributed by atoms with Crippen LogP contribution in [0.2, 0.25) is 0 Å². The van der Waals surface area contributed by atoms with Gasteiger partial charge in [-0.25, -0.2) is 4.79 Å². The minimum atomic E-state index is 0.0369. The minimum absolute atomic E-state index is 0.0369. The fourth-order valence-corrected chi connectivity index (χ4v) is 5.67. The van der Waals surface area contributed by atoms with Gasteiger partial charge in [0, 0.05) is 37.6 Å². The van der Waals surface area contributed by atoms with Gasteiger partial charge in [-0.15, -0.1) is 11.3 Å². The summed E-state index contributed by atoms with van der Waals surface area (Å²) in [5, 5.41) is 3.31. The van der Waals surface area contributed by atoms with E-state index in [0.29, 0.717) is 19.1 Å². The molecule has 160 valence electrons. The molecule has 1 aromatic carbocycles. The summed E-state index contributed by atoms with van der Waals surface area (Å²) < 4.78 is 12.5. The highest BCUT2D eigenvalue weighted by Crippen LogP contribution is 2.43. The largest absolute Gasteiger partial charge is 0.486 e. The molecule has 1 atom stereocenters. The summed E-state index contributed by atoms with van der Waals surface area (Å²) in [6.45, 7) is 5.44. The van der Waals surface area contributed by atoms with Gasteiger partial charge >= 0.3 is 6.03 Å². The van der Waals surface area contributed by atoms with Crippen LogP contribution in [0.4, 0.5) is 4.79 Å². The fourth-order valence-electron chi connectivity index (χ4n) is 4.15. The lowest BCUT2D eigenvalue weighted by Crippen LogP contribution is -2.52. The van der Waals surface area contributed by atoms with E-state index in [9.17, 15) is 4.79 Å². The molecule has 1 aromatic heterocycles. The summed E-state index contributed by atoms with van der Waals surface area (Å²) in [5.41, 5.74) is 1.11. The van der Waals surface area contributed by atoms with Crippen molar-refractivity contribution in [2.24, 2.45) is 5.92 Å². The Morgan fingerprint density at radius 3 is 2.57 bits per heavy atom. The van der Waals surface area contributed by atoms with E-state index in [2.05, 4.69) is 44.3 Å². The van der Waals surface area contributed by atoms with Gasteiger partial charge in [0.15, 0.2) is 11.5 Å². The molecule has 1 N–H and O–H groups in total. The summed E-state index contributed by atoms with van der Waals surface area (Å²) in [6.07, 6.45) is 2.31. The number of ether oxygens (including phenoxy) is 2. The maximum atomic E-state index is 13.0. The maximum absolute atomic E-state index is 13.0. The molecular formula is C22H26BrN3O3S. The number of fused-ring (bicyclic) bond motifs is 1. The first-order valence-electron chi connectivity index (χ1n) is 10.6. The monoisotopic (exact) mass is 491 g/mol. The van der Waals surface area contributed by atoms with Crippen molar-refractivity contribution in [3.8, 4) is 11.5 Å². The molecule has 0 radical (unpaired) electrons. The molecule has 3 aliphatic rings. The van der Waals surface area contributed by atoms with Crippen molar-refractivity contribution in [3.63, 3.8) is 0 Å². The van der Waals surface area contributed by atoms with E-state index in [1.807, 2.05) is 17.0 Å². The Bertz CT molecular complexity index is 909. The van der Waals surface area contributed by atoms with Gasteiger partial charge in [-0.05, 0) is 64.5 Å². The number of nitrogens with one attached hydrogen (secondary N) is 1. The summed E-state index contributed by atoms with van der Waals surface area (Å²) in [6, 6.07) is 10.4. The Morgan fingerprint density at radius 1 is 1.10 bits per heavy atom. The highest BCUT2D eigenvalue weighted by atomic mass is 79.9. The van der Waals surface area contributed by atoms with Crippen molar-refractivity contribution >= 4 is 33.3 Å². The lowest BCUT2D eigenvalue weighted by molar-refractivity contribution is 0.133. The molecule has 1 unspecified atom stereocenters. The number of hydrogen-bond donors (Lipinski definition) is 1. The number of nitrogens with zero attached hydrogens (tertiary/aromatic N) is 2. The quantitative estimate of drug-likeness (QED) is 0.678. The number of amides is 2. The average Bonchev–Trinajstić information content (AvgIpc) is 3.53. The Kier molecular flexibility index (Phi) is 5.89. The average molecular weight is 492 g/mol. The second-order valence-electron chi connectivity index (χ2n) is 8.14. The van der Waals surface area contributed by atoms with Crippen molar-refractivity contribution in [1.82, 2.24) is 15.1 Å². The number of carbonyl (C=O) groups excluding carboxylic acids is 1. The Morgan fingerprint density at radius 2 is 1.87 bits per heavy atom. The van der Waals surface area contributed by atoms with Crippen LogP contribution < -0.4 is 14.8 Å². The first-order valence-corrected chi connectivity index (χ1v) is 12.2. The normalized spacial score (nSPS) is 20.1. The predicted octanol–water partition coefficient (Wildman–Crippen LogP) is 4.26. The van der Waals surface area contributed by atoms with Crippen LogP contribution in [0.3, 0.4) is 0 Å². The number of thiophene rings is 1. The Labute approximate surface area is 189 Å². The lowest BCUT2D eigenvalue weighted by atomic mass is 10.0.